The number of ether oxygens (including phenoxy) is 1. The quantitative estimate of drug-likeness (QED) is 0.791. The number of aliphatic hydroxyl groups excluding tert-OH is 2. The second kappa shape index (κ2) is 6.36. The van der Waals surface area contributed by atoms with Crippen LogP contribution in [0.25, 0.3) is 0 Å². The van der Waals surface area contributed by atoms with E-state index in [1.165, 1.54) is 11.3 Å². The highest BCUT2D eigenvalue weighted by Crippen LogP contribution is 2.24. The molecule has 0 saturated heterocycles. The number of hydrogen-bond donors (Lipinski definition) is 3. The van der Waals surface area contributed by atoms with Gasteiger partial charge in [0.1, 0.15) is 17.8 Å². The minimum atomic E-state index is -1.07. The summed E-state index contributed by atoms with van der Waals surface area (Å²) in [7, 11) is 0. The molecule has 1 rings (SSSR count). The van der Waals surface area contributed by atoms with Crippen molar-refractivity contribution >= 4 is 17.4 Å². The third-order valence-electron chi connectivity index (χ3n) is 2.43. The van der Waals surface area contributed by atoms with Gasteiger partial charge in [-0.25, -0.2) is 4.79 Å². The molecular formula is C13H21NO4S. The summed E-state index contributed by atoms with van der Waals surface area (Å²) >= 11 is 1.46. The lowest BCUT2D eigenvalue weighted by atomic mass is 10.0. The Morgan fingerprint density at radius 2 is 2.05 bits per heavy atom. The largest absolute Gasteiger partial charge is 0.444 e. The van der Waals surface area contributed by atoms with Gasteiger partial charge in [0.2, 0.25) is 0 Å². The molecule has 0 aromatic carbocycles. The van der Waals surface area contributed by atoms with Crippen LogP contribution in [0.1, 0.15) is 38.0 Å². The van der Waals surface area contributed by atoms with Gasteiger partial charge < -0.3 is 20.3 Å². The third-order valence-corrected chi connectivity index (χ3v) is 3.31. The molecule has 1 amide bonds. The minimum absolute atomic E-state index is 0.0641. The SMILES string of the molecule is Cc1cscc1C(O)C(O)CNC(=O)OC(C)(C)C. The van der Waals surface area contributed by atoms with Crippen LogP contribution in [-0.4, -0.2) is 34.6 Å². The van der Waals surface area contributed by atoms with Crippen molar-refractivity contribution in [3.8, 4) is 0 Å². The van der Waals surface area contributed by atoms with Crippen molar-refractivity contribution in [1.29, 1.82) is 0 Å². The molecule has 1 aromatic rings. The molecule has 2 unspecified atom stereocenters. The Kier molecular flexibility index (Phi) is 5.34. The first-order valence-electron chi connectivity index (χ1n) is 6.06. The molecule has 2 atom stereocenters. The van der Waals surface area contributed by atoms with Crippen LogP contribution < -0.4 is 5.32 Å². The van der Waals surface area contributed by atoms with E-state index in [1.54, 1.807) is 26.2 Å². The van der Waals surface area contributed by atoms with Crippen LogP contribution in [0.15, 0.2) is 10.8 Å². The van der Waals surface area contributed by atoms with Crippen LogP contribution in [0.2, 0.25) is 0 Å². The molecule has 19 heavy (non-hydrogen) atoms. The standard InChI is InChI=1S/C13H21NO4S/c1-8-6-19-7-9(8)11(16)10(15)5-14-12(17)18-13(2,3)4/h6-7,10-11,15-16H,5H2,1-4H3,(H,14,17). The number of amides is 1. The van der Waals surface area contributed by atoms with Crippen LogP contribution in [-0.2, 0) is 4.74 Å². The molecule has 0 aliphatic heterocycles. The number of hydrogen-bond acceptors (Lipinski definition) is 5. The van der Waals surface area contributed by atoms with E-state index < -0.39 is 23.9 Å². The number of carbonyl (C=O) groups is 1. The van der Waals surface area contributed by atoms with Gasteiger partial charge >= 0.3 is 6.09 Å². The summed E-state index contributed by atoms with van der Waals surface area (Å²) in [6, 6.07) is 0. The number of nitrogens with one attached hydrogen (secondary N) is 1. The van der Waals surface area contributed by atoms with Crippen molar-refractivity contribution in [2.45, 2.75) is 45.5 Å². The van der Waals surface area contributed by atoms with Crippen LogP contribution >= 0.6 is 11.3 Å². The second-order valence-corrected chi connectivity index (χ2v) is 6.15. The fourth-order valence-electron chi connectivity index (χ4n) is 1.49. The number of rotatable bonds is 4. The van der Waals surface area contributed by atoms with E-state index in [4.69, 9.17) is 4.74 Å². The first kappa shape index (κ1) is 15.9. The van der Waals surface area contributed by atoms with Crippen molar-refractivity contribution < 1.29 is 19.7 Å². The molecule has 0 radical (unpaired) electrons. The summed E-state index contributed by atoms with van der Waals surface area (Å²) in [5, 5.41) is 25.9. The maximum absolute atomic E-state index is 11.4. The van der Waals surface area contributed by atoms with Gasteiger partial charge in [-0.1, -0.05) is 0 Å². The van der Waals surface area contributed by atoms with Gasteiger partial charge in [0.25, 0.3) is 0 Å². The van der Waals surface area contributed by atoms with Crippen molar-refractivity contribution in [1.82, 2.24) is 5.32 Å². The lowest BCUT2D eigenvalue weighted by molar-refractivity contribution is 0.0128. The lowest BCUT2D eigenvalue weighted by Crippen LogP contribution is -2.38. The molecule has 0 fully saturated rings. The van der Waals surface area contributed by atoms with Gasteiger partial charge in [-0.2, -0.15) is 11.3 Å². The van der Waals surface area contributed by atoms with Crippen molar-refractivity contribution in [2.24, 2.45) is 0 Å². The van der Waals surface area contributed by atoms with E-state index in [-0.39, 0.29) is 6.54 Å². The Morgan fingerprint density at radius 1 is 1.42 bits per heavy atom. The van der Waals surface area contributed by atoms with Gasteiger partial charge in [0.15, 0.2) is 0 Å². The molecule has 1 aromatic heterocycles. The Bertz CT molecular complexity index is 425. The van der Waals surface area contributed by atoms with E-state index in [9.17, 15) is 15.0 Å². The first-order valence-corrected chi connectivity index (χ1v) is 7.00. The van der Waals surface area contributed by atoms with Crippen LogP contribution in [0, 0.1) is 6.92 Å². The normalized spacial score (nSPS) is 14.8. The summed E-state index contributed by atoms with van der Waals surface area (Å²) in [6.07, 6.45) is -2.69. The van der Waals surface area contributed by atoms with E-state index in [2.05, 4.69) is 5.32 Å². The fraction of sp³-hybridized carbons (Fsp3) is 0.615. The average molecular weight is 287 g/mol. The second-order valence-electron chi connectivity index (χ2n) is 5.41. The number of aliphatic hydroxyl groups is 2. The number of thiophene rings is 1. The minimum Gasteiger partial charge on any atom is -0.444 e. The molecule has 5 nitrogen and oxygen atoms in total. The smallest absolute Gasteiger partial charge is 0.407 e. The number of alkyl carbamates (subject to hydrolysis) is 1. The van der Waals surface area contributed by atoms with Crippen molar-refractivity contribution in [2.75, 3.05) is 6.54 Å². The molecule has 0 aliphatic rings. The van der Waals surface area contributed by atoms with E-state index in [1.807, 2.05) is 12.3 Å². The molecule has 0 aliphatic carbocycles. The van der Waals surface area contributed by atoms with Crippen molar-refractivity contribution in [3.05, 3.63) is 21.9 Å². The van der Waals surface area contributed by atoms with Crippen molar-refractivity contribution in [3.63, 3.8) is 0 Å². The van der Waals surface area contributed by atoms with E-state index in [0.29, 0.717) is 5.56 Å². The lowest BCUT2D eigenvalue weighted by Gasteiger charge is -2.22. The van der Waals surface area contributed by atoms with Gasteiger partial charge in [0, 0.05) is 6.54 Å². The van der Waals surface area contributed by atoms with Gasteiger partial charge in [-0.15, -0.1) is 0 Å². The monoisotopic (exact) mass is 287 g/mol. The third kappa shape index (κ3) is 5.18. The van der Waals surface area contributed by atoms with Gasteiger partial charge in [-0.3, -0.25) is 0 Å². The van der Waals surface area contributed by atoms with Gasteiger partial charge in [0.05, 0.1) is 0 Å². The van der Waals surface area contributed by atoms with E-state index >= 15 is 0 Å². The number of aryl methyl sites for hydroxylation is 1. The zero-order valence-corrected chi connectivity index (χ0v) is 12.5. The predicted molar refractivity (Wildman–Crippen MR) is 74.3 cm³/mol. The fourth-order valence-corrected chi connectivity index (χ4v) is 2.37. The molecule has 0 saturated carbocycles. The molecule has 0 bridgehead atoms. The highest BCUT2D eigenvalue weighted by molar-refractivity contribution is 7.08. The van der Waals surface area contributed by atoms with Gasteiger partial charge in [-0.05, 0) is 49.6 Å². The summed E-state index contributed by atoms with van der Waals surface area (Å²) in [5.74, 6) is 0. The highest BCUT2D eigenvalue weighted by Gasteiger charge is 2.22. The average Bonchev–Trinajstić information content (AvgIpc) is 2.69. The highest BCUT2D eigenvalue weighted by atomic mass is 32.1. The van der Waals surface area contributed by atoms with Crippen LogP contribution in [0.5, 0.6) is 0 Å². The topological polar surface area (TPSA) is 78.8 Å². The summed E-state index contributed by atoms with van der Waals surface area (Å²) in [5.41, 5.74) is 1.02. The molecular weight excluding hydrogens is 266 g/mol. The maximum Gasteiger partial charge on any atom is 0.407 e. The Morgan fingerprint density at radius 3 is 2.53 bits per heavy atom. The zero-order chi connectivity index (χ0) is 14.6. The number of carbonyl (C=O) groups excluding carboxylic acids is 1. The Balaban J connectivity index is 2.45. The zero-order valence-electron chi connectivity index (χ0n) is 11.6. The molecule has 108 valence electrons. The molecule has 6 heteroatoms. The molecule has 1 heterocycles. The van der Waals surface area contributed by atoms with Crippen LogP contribution in [0.4, 0.5) is 4.79 Å². The summed E-state index contributed by atoms with van der Waals surface area (Å²) < 4.78 is 5.04. The Hall–Kier alpha value is -1.11. The maximum atomic E-state index is 11.4. The Labute approximate surface area is 117 Å². The first-order chi connectivity index (χ1) is 8.70. The molecule has 3 N–H and O–H groups in total. The van der Waals surface area contributed by atoms with Crippen LogP contribution in [0.3, 0.4) is 0 Å². The van der Waals surface area contributed by atoms with E-state index in [0.717, 1.165) is 5.56 Å². The summed E-state index contributed by atoms with van der Waals surface area (Å²) in [6.45, 7) is 7.07. The molecule has 0 spiro atoms. The predicted octanol–water partition coefficient (Wildman–Crippen LogP) is 1.98. The summed E-state index contributed by atoms with van der Waals surface area (Å²) in [4.78, 5) is 11.4.